The second kappa shape index (κ2) is 6.35. The van der Waals surface area contributed by atoms with E-state index in [4.69, 9.17) is 10.5 Å². The molecule has 2 N–H and O–H groups in total. The van der Waals surface area contributed by atoms with Crippen LogP contribution in [0.25, 0.3) is 0 Å². The second-order valence-corrected chi connectivity index (χ2v) is 5.64. The summed E-state index contributed by atoms with van der Waals surface area (Å²) in [6.07, 6.45) is 5.50. The lowest BCUT2D eigenvalue weighted by Crippen LogP contribution is -2.44. The van der Waals surface area contributed by atoms with Gasteiger partial charge in [-0.3, -0.25) is 0 Å². The number of nitrogens with two attached hydrogens (primary N) is 1. The third-order valence-corrected chi connectivity index (χ3v) is 4.14. The van der Waals surface area contributed by atoms with Crippen molar-refractivity contribution in [1.82, 2.24) is 0 Å². The van der Waals surface area contributed by atoms with Gasteiger partial charge < -0.3 is 10.5 Å². The molecule has 0 amide bonds. The van der Waals surface area contributed by atoms with Crippen LogP contribution in [0.3, 0.4) is 0 Å². The topological polar surface area (TPSA) is 35.2 Å². The van der Waals surface area contributed by atoms with Crippen LogP contribution in [-0.2, 0) is 11.2 Å². The summed E-state index contributed by atoms with van der Waals surface area (Å²) in [6, 6.07) is 10.6. The Morgan fingerprint density at radius 1 is 1.22 bits per heavy atom. The molecule has 100 valence electrons. The smallest absolute Gasteiger partial charge is 0.0468 e. The number of hydrogen-bond donors (Lipinski definition) is 1. The van der Waals surface area contributed by atoms with E-state index in [0.717, 1.165) is 38.4 Å². The Bertz CT molecular complexity index is 345. The zero-order chi connectivity index (χ0) is 12.8. The van der Waals surface area contributed by atoms with E-state index in [1.54, 1.807) is 0 Å². The third kappa shape index (κ3) is 3.82. The molecule has 1 fully saturated rings. The highest BCUT2D eigenvalue weighted by molar-refractivity contribution is 5.17. The SMILES string of the molecule is CCC(N)(Cc1ccccc1)CC1CCOCC1. The lowest BCUT2D eigenvalue weighted by atomic mass is 9.79. The second-order valence-electron chi connectivity index (χ2n) is 5.64. The van der Waals surface area contributed by atoms with Crippen molar-refractivity contribution in [3.63, 3.8) is 0 Å². The van der Waals surface area contributed by atoms with Crippen LogP contribution in [-0.4, -0.2) is 18.8 Å². The van der Waals surface area contributed by atoms with E-state index in [-0.39, 0.29) is 5.54 Å². The maximum Gasteiger partial charge on any atom is 0.0468 e. The minimum atomic E-state index is -0.0522. The van der Waals surface area contributed by atoms with Crippen LogP contribution < -0.4 is 5.73 Å². The molecule has 2 heteroatoms. The molecule has 1 aliphatic rings. The van der Waals surface area contributed by atoms with E-state index >= 15 is 0 Å². The standard InChI is InChI=1S/C16H25NO/c1-2-16(17,12-14-6-4-3-5-7-14)13-15-8-10-18-11-9-15/h3-7,15H,2,8-13,17H2,1H3. The quantitative estimate of drug-likeness (QED) is 0.867. The first-order chi connectivity index (χ1) is 8.72. The molecule has 1 aliphatic heterocycles. The summed E-state index contributed by atoms with van der Waals surface area (Å²) in [5, 5.41) is 0. The van der Waals surface area contributed by atoms with Crippen LogP contribution in [0.2, 0.25) is 0 Å². The zero-order valence-electron chi connectivity index (χ0n) is 11.4. The Labute approximate surface area is 111 Å². The number of hydrogen-bond acceptors (Lipinski definition) is 2. The first-order valence-electron chi connectivity index (χ1n) is 7.12. The molecule has 0 spiro atoms. The number of ether oxygens (including phenoxy) is 1. The Kier molecular flexibility index (Phi) is 4.79. The summed E-state index contributed by atoms with van der Waals surface area (Å²) >= 11 is 0. The van der Waals surface area contributed by atoms with Crippen LogP contribution in [0.4, 0.5) is 0 Å². The highest BCUT2D eigenvalue weighted by Gasteiger charge is 2.28. The third-order valence-electron chi connectivity index (χ3n) is 4.14. The van der Waals surface area contributed by atoms with Gasteiger partial charge in [-0.25, -0.2) is 0 Å². The van der Waals surface area contributed by atoms with E-state index in [1.807, 2.05) is 0 Å². The van der Waals surface area contributed by atoms with Crippen molar-refractivity contribution in [2.45, 2.75) is 44.6 Å². The maximum atomic E-state index is 6.62. The van der Waals surface area contributed by atoms with Gasteiger partial charge in [0.05, 0.1) is 0 Å². The van der Waals surface area contributed by atoms with Crippen LogP contribution >= 0.6 is 0 Å². The van der Waals surface area contributed by atoms with Crippen molar-refractivity contribution < 1.29 is 4.74 Å². The van der Waals surface area contributed by atoms with Crippen molar-refractivity contribution in [1.29, 1.82) is 0 Å². The lowest BCUT2D eigenvalue weighted by molar-refractivity contribution is 0.0557. The van der Waals surface area contributed by atoms with E-state index in [9.17, 15) is 0 Å². The Hall–Kier alpha value is -0.860. The van der Waals surface area contributed by atoms with Gasteiger partial charge >= 0.3 is 0 Å². The lowest BCUT2D eigenvalue weighted by Gasteiger charge is -2.34. The molecular formula is C16H25NO. The van der Waals surface area contributed by atoms with E-state index in [0.29, 0.717) is 0 Å². The Morgan fingerprint density at radius 2 is 1.89 bits per heavy atom. The average Bonchev–Trinajstić information content (AvgIpc) is 2.41. The Morgan fingerprint density at radius 3 is 2.50 bits per heavy atom. The molecule has 1 atom stereocenters. The van der Waals surface area contributed by atoms with Crippen LogP contribution in [0, 0.1) is 5.92 Å². The molecule has 1 heterocycles. The maximum absolute atomic E-state index is 6.62. The number of benzene rings is 1. The number of rotatable bonds is 5. The molecule has 0 aromatic heterocycles. The minimum absolute atomic E-state index is 0.0522. The van der Waals surface area contributed by atoms with E-state index < -0.39 is 0 Å². The van der Waals surface area contributed by atoms with E-state index in [2.05, 4.69) is 37.3 Å². The van der Waals surface area contributed by atoms with Crippen LogP contribution in [0.5, 0.6) is 0 Å². The van der Waals surface area contributed by atoms with Gasteiger partial charge in [0.2, 0.25) is 0 Å². The first kappa shape index (κ1) is 13.6. The molecule has 0 saturated carbocycles. The molecule has 0 radical (unpaired) electrons. The van der Waals surface area contributed by atoms with Gasteiger partial charge in [0, 0.05) is 18.8 Å². The highest BCUT2D eigenvalue weighted by Crippen LogP contribution is 2.28. The normalized spacial score (nSPS) is 20.6. The van der Waals surface area contributed by atoms with Gasteiger partial charge in [-0.2, -0.15) is 0 Å². The van der Waals surface area contributed by atoms with Crippen molar-refractivity contribution in [2.75, 3.05) is 13.2 Å². The predicted molar refractivity (Wildman–Crippen MR) is 75.5 cm³/mol. The molecule has 1 unspecified atom stereocenters. The van der Waals surface area contributed by atoms with Gasteiger partial charge in [-0.05, 0) is 43.6 Å². The predicted octanol–water partition coefficient (Wildman–Crippen LogP) is 3.15. The molecule has 1 aromatic carbocycles. The monoisotopic (exact) mass is 247 g/mol. The zero-order valence-corrected chi connectivity index (χ0v) is 11.4. The van der Waals surface area contributed by atoms with Crippen molar-refractivity contribution in [3.05, 3.63) is 35.9 Å². The summed E-state index contributed by atoms with van der Waals surface area (Å²) in [6.45, 7) is 4.04. The summed E-state index contributed by atoms with van der Waals surface area (Å²) in [7, 11) is 0. The summed E-state index contributed by atoms with van der Waals surface area (Å²) in [5.74, 6) is 0.743. The van der Waals surface area contributed by atoms with Gasteiger partial charge in [0.15, 0.2) is 0 Å². The van der Waals surface area contributed by atoms with Crippen molar-refractivity contribution >= 4 is 0 Å². The van der Waals surface area contributed by atoms with Gasteiger partial charge in [0.25, 0.3) is 0 Å². The molecule has 0 bridgehead atoms. The molecule has 1 saturated heterocycles. The molecule has 2 rings (SSSR count). The average molecular weight is 247 g/mol. The van der Waals surface area contributed by atoms with Crippen LogP contribution in [0.1, 0.15) is 38.2 Å². The molecule has 2 nitrogen and oxygen atoms in total. The van der Waals surface area contributed by atoms with Gasteiger partial charge in [-0.15, -0.1) is 0 Å². The molecule has 0 aliphatic carbocycles. The van der Waals surface area contributed by atoms with Gasteiger partial charge in [0.1, 0.15) is 0 Å². The largest absolute Gasteiger partial charge is 0.381 e. The van der Waals surface area contributed by atoms with E-state index in [1.165, 1.54) is 18.4 Å². The molecule has 1 aromatic rings. The molecular weight excluding hydrogens is 222 g/mol. The van der Waals surface area contributed by atoms with Crippen LogP contribution in [0.15, 0.2) is 30.3 Å². The Balaban J connectivity index is 1.96. The summed E-state index contributed by atoms with van der Waals surface area (Å²) in [4.78, 5) is 0. The van der Waals surface area contributed by atoms with Crippen molar-refractivity contribution in [2.24, 2.45) is 11.7 Å². The fourth-order valence-electron chi connectivity index (χ4n) is 2.87. The van der Waals surface area contributed by atoms with Gasteiger partial charge in [-0.1, -0.05) is 37.3 Å². The minimum Gasteiger partial charge on any atom is -0.381 e. The fraction of sp³-hybridized carbons (Fsp3) is 0.625. The highest BCUT2D eigenvalue weighted by atomic mass is 16.5. The summed E-state index contributed by atoms with van der Waals surface area (Å²) < 4.78 is 5.43. The molecule has 18 heavy (non-hydrogen) atoms. The summed E-state index contributed by atoms with van der Waals surface area (Å²) in [5.41, 5.74) is 7.92. The fourth-order valence-corrected chi connectivity index (χ4v) is 2.87. The first-order valence-corrected chi connectivity index (χ1v) is 7.12. The van der Waals surface area contributed by atoms with Crippen molar-refractivity contribution in [3.8, 4) is 0 Å².